The number of piperidine rings is 1. The second-order valence-corrected chi connectivity index (χ2v) is 7.61. The zero-order valence-electron chi connectivity index (χ0n) is 16.9. The summed E-state index contributed by atoms with van der Waals surface area (Å²) < 4.78 is 6.02. The first-order valence-corrected chi connectivity index (χ1v) is 10.1. The molecule has 0 saturated carbocycles. The Kier molecular flexibility index (Phi) is 5.60. The van der Waals surface area contributed by atoms with E-state index in [4.69, 9.17) is 4.42 Å². The van der Waals surface area contributed by atoms with Crippen LogP contribution in [0.4, 0.5) is 6.01 Å². The third-order valence-corrected chi connectivity index (χ3v) is 5.35. The van der Waals surface area contributed by atoms with E-state index in [0.29, 0.717) is 17.5 Å². The number of hydrogen-bond acceptors (Lipinski definition) is 5. The van der Waals surface area contributed by atoms with Crippen LogP contribution in [0.3, 0.4) is 0 Å². The summed E-state index contributed by atoms with van der Waals surface area (Å²) in [5.41, 5.74) is 3.53. The fourth-order valence-corrected chi connectivity index (χ4v) is 3.68. The Bertz CT molecular complexity index is 978. The van der Waals surface area contributed by atoms with Crippen molar-refractivity contribution in [3.63, 3.8) is 0 Å². The molecule has 4 rings (SSSR count). The lowest BCUT2D eigenvalue weighted by Gasteiger charge is -2.24. The Morgan fingerprint density at radius 1 is 1.03 bits per heavy atom. The molecule has 0 radical (unpaired) electrons. The van der Waals surface area contributed by atoms with E-state index in [9.17, 15) is 4.79 Å². The molecule has 6 nitrogen and oxygen atoms in total. The van der Waals surface area contributed by atoms with Crippen LogP contribution in [0, 0.1) is 13.8 Å². The van der Waals surface area contributed by atoms with Crippen molar-refractivity contribution in [2.24, 2.45) is 0 Å². The monoisotopic (exact) mass is 390 g/mol. The Labute approximate surface area is 170 Å². The Morgan fingerprint density at radius 3 is 2.55 bits per heavy atom. The molecular formula is C23H26N4O2. The average Bonchev–Trinajstić information content (AvgIpc) is 3.25. The number of aromatic nitrogens is 2. The molecular weight excluding hydrogens is 364 g/mol. The van der Waals surface area contributed by atoms with Crippen molar-refractivity contribution in [2.45, 2.75) is 39.2 Å². The molecule has 0 bridgehead atoms. The van der Waals surface area contributed by atoms with Crippen LogP contribution in [0.2, 0.25) is 0 Å². The van der Waals surface area contributed by atoms with E-state index in [2.05, 4.69) is 20.4 Å². The molecule has 1 fully saturated rings. The lowest BCUT2D eigenvalue weighted by atomic mass is 10.0. The van der Waals surface area contributed by atoms with E-state index in [1.54, 1.807) is 0 Å². The predicted octanol–water partition coefficient (Wildman–Crippen LogP) is 4.20. The predicted molar refractivity (Wildman–Crippen MR) is 112 cm³/mol. The van der Waals surface area contributed by atoms with Crippen LogP contribution < -0.4 is 10.2 Å². The molecule has 29 heavy (non-hydrogen) atoms. The van der Waals surface area contributed by atoms with E-state index in [0.717, 1.165) is 42.6 Å². The number of aryl methyl sites for hydroxylation is 2. The number of rotatable bonds is 5. The van der Waals surface area contributed by atoms with Crippen LogP contribution in [-0.2, 0) is 0 Å². The maximum absolute atomic E-state index is 13.1. The first-order valence-electron chi connectivity index (χ1n) is 10.1. The molecule has 1 aliphatic heterocycles. The van der Waals surface area contributed by atoms with Crippen LogP contribution in [0.15, 0.2) is 52.9 Å². The smallest absolute Gasteiger partial charge is 0.318 e. The van der Waals surface area contributed by atoms with Gasteiger partial charge in [0.05, 0.1) is 0 Å². The van der Waals surface area contributed by atoms with Crippen LogP contribution in [-0.4, -0.2) is 29.2 Å². The molecule has 1 aromatic heterocycles. The van der Waals surface area contributed by atoms with E-state index < -0.39 is 6.04 Å². The molecule has 1 saturated heterocycles. The second-order valence-electron chi connectivity index (χ2n) is 7.61. The van der Waals surface area contributed by atoms with E-state index >= 15 is 0 Å². The number of nitrogens with zero attached hydrogens (tertiary/aromatic N) is 3. The molecule has 2 heterocycles. The van der Waals surface area contributed by atoms with Gasteiger partial charge in [0.15, 0.2) is 0 Å². The van der Waals surface area contributed by atoms with Crippen molar-refractivity contribution in [3.05, 3.63) is 76.7 Å². The highest BCUT2D eigenvalue weighted by Gasteiger charge is 2.26. The molecule has 0 unspecified atom stereocenters. The van der Waals surface area contributed by atoms with Crippen molar-refractivity contribution in [1.29, 1.82) is 0 Å². The van der Waals surface area contributed by atoms with Crippen LogP contribution in [0.5, 0.6) is 0 Å². The minimum absolute atomic E-state index is 0.155. The maximum Gasteiger partial charge on any atom is 0.318 e. The number of carbonyl (C=O) groups excluding carboxylic acids is 1. The zero-order valence-corrected chi connectivity index (χ0v) is 16.9. The summed E-state index contributed by atoms with van der Waals surface area (Å²) in [4.78, 5) is 15.2. The topological polar surface area (TPSA) is 71.3 Å². The lowest BCUT2D eigenvalue weighted by Crippen LogP contribution is -2.30. The highest BCUT2D eigenvalue weighted by Crippen LogP contribution is 2.26. The van der Waals surface area contributed by atoms with Gasteiger partial charge in [-0.2, -0.15) is 0 Å². The van der Waals surface area contributed by atoms with Crippen LogP contribution >= 0.6 is 0 Å². The average molecular weight is 390 g/mol. The van der Waals surface area contributed by atoms with Gasteiger partial charge in [0.2, 0.25) is 5.89 Å². The Morgan fingerprint density at radius 2 is 1.79 bits per heavy atom. The number of benzene rings is 2. The largest absolute Gasteiger partial charge is 0.405 e. The van der Waals surface area contributed by atoms with Crippen LogP contribution in [0.25, 0.3) is 0 Å². The van der Waals surface area contributed by atoms with Gasteiger partial charge in [-0.3, -0.25) is 4.79 Å². The second kappa shape index (κ2) is 8.47. The summed E-state index contributed by atoms with van der Waals surface area (Å²) >= 11 is 0. The highest BCUT2D eigenvalue weighted by molar-refractivity contribution is 5.96. The number of nitrogens with one attached hydrogen (secondary N) is 1. The summed E-state index contributed by atoms with van der Waals surface area (Å²) in [7, 11) is 0. The minimum atomic E-state index is -0.505. The normalized spacial score (nSPS) is 15.2. The molecule has 150 valence electrons. The van der Waals surface area contributed by atoms with Gasteiger partial charge in [0, 0.05) is 18.7 Å². The number of carbonyl (C=O) groups is 1. The summed E-state index contributed by atoms with van der Waals surface area (Å²) in [5.74, 6) is 0.244. The zero-order chi connectivity index (χ0) is 20.2. The summed E-state index contributed by atoms with van der Waals surface area (Å²) in [5, 5.41) is 11.6. The fourth-order valence-electron chi connectivity index (χ4n) is 3.68. The minimum Gasteiger partial charge on any atom is -0.405 e. The van der Waals surface area contributed by atoms with E-state index in [1.807, 2.05) is 62.4 Å². The Balaban J connectivity index is 1.63. The summed E-state index contributed by atoms with van der Waals surface area (Å²) in [6.45, 7) is 5.76. The molecule has 6 heteroatoms. The molecule has 0 spiro atoms. The maximum atomic E-state index is 13.1. The van der Waals surface area contributed by atoms with Gasteiger partial charge in [-0.05, 0) is 50.3 Å². The van der Waals surface area contributed by atoms with Crippen molar-refractivity contribution >= 4 is 11.9 Å². The lowest BCUT2D eigenvalue weighted by molar-refractivity contribution is 0.0937. The number of amides is 1. The van der Waals surface area contributed by atoms with Crippen molar-refractivity contribution < 1.29 is 9.21 Å². The van der Waals surface area contributed by atoms with E-state index in [1.165, 1.54) is 6.42 Å². The molecule has 1 aliphatic rings. The SMILES string of the molecule is Cc1ccc(C)c(C(=O)N[C@H](c2ccccc2)c2nnc(N3CCCCC3)o2)c1. The highest BCUT2D eigenvalue weighted by atomic mass is 16.4. The first-order chi connectivity index (χ1) is 14.1. The van der Waals surface area contributed by atoms with Gasteiger partial charge in [-0.1, -0.05) is 53.1 Å². The Hall–Kier alpha value is -3.15. The van der Waals surface area contributed by atoms with Crippen molar-refractivity contribution in [1.82, 2.24) is 15.5 Å². The van der Waals surface area contributed by atoms with Gasteiger partial charge in [0.1, 0.15) is 6.04 Å². The quantitative estimate of drug-likeness (QED) is 0.707. The molecule has 1 amide bonds. The van der Waals surface area contributed by atoms with Gasteiger partial charge < -0.3 is 14.6 Å². The fraction of sp³-hybridized carbons (Fsp3) is 0.348. The van der Waals surface area contributed by atoms with Gasteiger partial charge in [-0.15, -0.1) is 5.10 Å². The summed E-state index contributed by atoms with van der Waals surface area (Å²) in [6.07, 6.45) is 3.49. The molecule has 3 aromatic rings. The number of hydrogen-bond donors (Lipinski definition) is 1. The first kappa shape index (κ1) is 19.2. The van der Waals surface area contributed by atoms with Crippen molar-refractivity contribution in [2.75, 3.05) is 18.0 Å². The molecule has 0 aliphatic carbocycles. The van der Waals surface area contributed by atoms with Crippen LogP contribution in [0.1, 0.15) is 58.2 Å². The molecule has 1 atom stereocenters. The van der Waals surface area contributed by atoms with Gasteiger partial charge in [0.25, 0.3) is 5.91 Å². The van der Waals surface area contributed by atoms with Gasteiger partial charge >= 0.3 is 6.01 Å². The molecule has 2 aromatic carbocycles. The third-order valence-electron chi connectivity index (χ3n) is 5.35. The summed E-state index contributed by atoms with van der Waals surface area (Å²) in [6, 6.07) is 15.6. The standard InChI is InChI=1S/C23H26N4O2/c1-16-11-12-17(2)19(15-16)21(28)24-20(18-9-5-3-6-10-18)22-25-26-23(29-22)27-13-7-4-8-14-27/h3,5-6,9-12,15,20H,4,7-8,13-14H2,1-2H3,(H,24,28)/t20-/m1/s1. The van der Waals surface area contributed by atoms with Crippen molar-refractivity contribution in [3.8, 4) is 0 Å². The van der Waals surface area contributed by atoms with Gasteiger partial charge in [-0.25, -0.2) is 0 Å². The molecule has 1 N–H and O–H groups in total. The number of anilines is 1. The van der Waals surface area contributed by atoms with E-state index in [-0.39, 0.29) is 5.91 Å². The third kappa shape index (κ3) is 4.31.